The number of nitrogens with zero attached hydrogens (tertiary/aromatic N) is 2. The van der Waals surface area contributed by atoms with Crippen LogP contribution in [0.15, 0.2) is 0 Å². The molecule has 1 fully saturated rings. The summed E-state index contributed by atoms with van der Waals surface area (Å²) in [5, 5.41) is 5.09. The Labute approximate surface area is 114 Å². The SMILES string of the molecule is Cc1nn(C)c(Cl)c1CC(NN)C1(C)CCCC1. The second-order valence-corrected chi connectivity index (χ2v) is 6.12. The van der Waals surface area contributed by atoms with E-state index in [1.807, 2.05) is 14.0 Å². The van der Waals surface area contributed by atoms with Gasteiger partial charge in [0.05, 0.1) is 5.69 Å². The number of hydrogen-bond donors (Lipinski definition) is 2. The summed E-state index contributed by atoms with van der Waals surface area (Å²) in [7, 11) is 1.88. The number of nitrogens with two attached hydrogens (primary N) is 1. The molecular formula is C13H23ClN4. The molecule has 0 aromatic carbocycles. The molecule has 18 heavy (non-hydrogen) atoms. The Hall–Kier alpha value is -0.580. The van der Waals surface area contributed by atoms with Crippen LogP contribution in [0.3, 0.4) is 0 Å². The smallest absolute Gasteiger partial charge is 0.130 e. The normalized spacial score (nSPS) is 20.3. The second-order valence-electron chi connectivity index (χ2n) is 5.76. The molecule has 0 spiro atoms. The van der Waals surface area contributed by atoms with Crippen molar-refractivity contribution in [3.05, 3.63) is 16.4 Å². The van der Waals surface area contributed by atoms with Gasteiger partial charge in [0.15, 0.2) is 0 Å². The number of nitrogens with one attached hydrogen (secondary N) is 1. The van der Waals surface area contributed by atoms with Crippen LogP contribution in [0.1, 0.15) is 43.9 Å². The van der Waals surface area contributed by atoms with Gasteiger partial charge in [0.2, 0.25) is 0 Å². The first kappa shape index (κ1) is 13.8. The van der Waals surface area contributed by atoms with Gasteiger partial charge in [0.1, 0.15) is 5.15 Å². The lowest BCUT2D eigenvalue weighted by Gasteiger charge is -2.33. The van der Waals surface area contributed by atoms with Crippen LogP contribution in [0.4, 0.5) is 0 Å². The number of aryl methyl sites for hydroxylation is 2. The van der Waals surface area contributed by atoms with Gasteiger partial charge in [-0.25, -0.2) is 0 Å². The summed E-state index contributed by atoms with van der Waals surface area (Å²) in [4.78, 5) is 0. The van der Waals surface area contributed by atoms with Gasteiger partial charge >= 0.3 is 0 Å². The van der Waals surface area contributed by atoms with E-state index in [-0.39, 0.29) is 11.5 Å². The average Bonchev–Trinajstić information content (AvgIpc) is 2.85. The molecule has 0 amide bonds. The molecule has 1 aliphatic rings. The predicted octanol–water partition coefficient (Wildman–Crippen LogP) is 2.34. The fourth-order valence-corrected chi connectivity index (χ4v) is 3.40. The lowest BCUT2D eigenvalue weighted by Crippen LogP contribution is -2.47. The molecule has 0 aliphatic heterocycles. The third-order valence-electron chi connectivity index (χ3n) is 4.47. The van der Waals surface area contributed by atoms with Crippen LogP contribution in [0.25, 0.3) is 0 Å². The maximum absolute atomic E-state index is 6.30. The van der Waals surface area contributed by atoms with Crippen molar-refractivity contribution in [1.29, 1.82) is 0 Å². The maximum atomic E-state index is 6.30. The highest BCUT2D eigenvalue weighted by atomic mass is 35.5. The fraction of sp³-hybridized carbons (Fsp3) is 0.769. The summed E-state index contributed by atoms with van der Waals surface area (Å²) >= 11 is 6.30. The van der Waals surface area contributed by atoms with Crippen molar-refractivity contribution in [3.8, 4) is 0 Å². The molecule has 2 rings (SSSR count). The van der Waals surface area contributed by atoms with Crippen LogP contribution in [0.2, 0.25) is 5.15 Å². The molecule has 102 valence electrons. The first-order valence-electron chi connectivity index (χ1n) is 6.62. The molecule has 1 saturated carbocycles. The van der Waals surface area contributed by atoms with Crippen LogP contribution in [-0.2, 0) is 13.5 Å². The minimum absolute atomic E-state index is 0.264. The molecule has 0 saturated heterocycles. The highest BCUT2D eigenvalue weighted by Crippen LogP contribution is 2.41. The summed E-state index contributed by atoms with van der Waals surface area (Å²) in [6, 6.07) is 0.264. The third kappa shape index (κ3) is 2.42. The van der Waals surface area contributed by atoms with E-state index in [1.54, 1.807) is 4.68 Å². The van der Waals surface area contributed by atoms with Gasteiger partial charge in [-0.15, -0.1) is 0 Å². The van der Waals surface area contributed by atoms with Crippen molar-refractivity contribution in [2.75, 3.05) is 0 Å². The zero-order valence-corrected chi connectivity index (χ0v) is 12.2. The van der Waals surface area contributed by atoms with Crippen LogP contribution in [0.5, 0.6) is 0 Å². The van der Waals surface area contributed by atoms with E-state index >= 15 is 0 Å². The Kier molecular flexibility index (Phi) is 3.99. The van der Waals surface area contributed by atoms with Crippen molar-refractivity contribution in [2.24, 2.45) is 18.3 Å². The average molecular weight is 271 g/mol. The molecule has 4 nitrogen and oxygen atoms in total. The Bertz CT molecular complexity index is 421. The molecule has 1 heterocycles. The van der Waals surface area contributed by atoms with Crippen LogP contribution in [0, 0.1) is 12.3 Å². The number of hydrogen-bond acceptors (Lipinski definition) is 3. The molecule has 3 N–H and O–H groups in total. The topological polar surface area (TPSA) is 55.9 Å². The first-order valence-corrected chi connectivity index (χ1v) is 7.00. The Morgan fingerprint density at radius 2 is 2.11 bits per heavy atom. The van der Waals surface area contributed by atoms with Crippen molar-refractivity contribution >= 4 is 11.6 Å². The molecule has 1 atom stereocenters. The van der Waals surface area contributed by atoms with Gasteiger partial charge in [-0.05, 0) is 31.6 Å². The van der Waals surface area contributed by atoms with Crippen molar-refractivity contribution in [2.45, 2.75) is 52.0 Å². The third-order valence-corrected chi connectivity index (χ3v) is 4.94. The van der Waals surface area contributed by atoms with Crippen LogP contribution < -0.4 is 11.3 Å². The van der Waals surface area contributed by atoms with Gasteiger partial charge in [-0.2, -0.15) is 5.10 Å². The molecule has 1 aliphatic carbocycles. The summed E-state index contributed by atoms with van der Waals surface area (Å²) in [6.45, 7) is 4.33. The van der Waals surface area contributed by atoms with E-state index in [1.165, 1.54) is 25.7 Å². The first-order chi connectivity index (χ1) is 8.48. The van der Waals surface area contributed by atoms with Crippen molar-refractivity contribution in [3.63, 3.8) is 0 Å². The van der Waals surface area contributed by atoms with E-state index in [0.717, 1.165) is 22.8 Å². The van der Waals surface area contributed by atoms with Crippen LogP contribution in [-0.4, -0.2) is 15.8 Å². The van der Waals surface area contributed by atoms with E-state index in [4.69, 9.17) is 17.4 Å². The van der Waals surface area contributed by atoms with E-state index in [0.29, 0.717) is 0 Å². The number of rotatable bonds is 4. The largest absolute Gasteiger partial charge is 0.271 e. The summed E-state index contributed by atoms with van der Waals surface area (Å²) < 4.78 is 1.73. The van der Waals surface area contributed by atoms with Gasteiger partial charge < -0.3 is 0 Å². The molecule has 1 aromatic heterocycles. The fourth-order valence-electron chi connectivity index (χ4n) is 3.15. The minimum Gasteiger partial charge on any atom is -0.271 e. The molecule has 0 radical (unpaired) electrons. The molecule has 1 unspecified atom stereocenters. The molecular weight excluding hydrogens is 248 g/mol. The summed E-state index contributed by atoms with van der Waals surface area (Å²) in [6.07, 6.45) is 5.92. The molecule has 0 bridgehead atoms. The van der Waals surface area contributed by atoms with E-state index in [9.17, 15) is 0 Å². The molecule has 1 aromatic rings. The van der Waals surface area contributed by atoms with Gasteiger partial charge in [0, 0.05) is 18.7 Å². The van der Waals surface area contributed by atoms with Gasteiger partial charge in [-0.1, -0.05) is 31.4 Å². The maximum Gasteiger partial charge on any atom is 0.130 e. The number of aromatic nitrogens is 2. The highest BCUT2D eigenvalue weighted by molar-refractivity contribution is 6.30. The minimum atomic E-state index is 0.264. The lowest BCUT2D eigenvalue weighted by molar-refractivity contribution is 0.220. The highest BCUT2D eigenvalue weighted by Gasteiger charge is 2.37. The zero-order chi connectivity index (χ0) is 13.3. The van der Waals surface area contributed by atoms with Gasteiger partial charge in [-0.3, -0.25) is 16.0 Å². The van der Waals surface area contributed by atoms with E-state index < -0.39 is 0 Å². The Morgan fingerprint density at radius 3 is 2.56 bits per heavy atom. The number of halogens is 1. The molecule has 5 heteroatoms. The standard InChI is InChI=1S/C13H23ClN4/c1-9-10(12(14)18(3)17-9)8-11(16-15)13(2)6-4-5-7-13/h11,16H,4-8,15H2,1-3H3. The Morgan fingerprint density at radius 1 is 1.50 bits per heavy atom. The summed E-state index contributed by atoms with van der Waals surface area (Å²) in [5.74, 6) is 5.77. The van der Waals surface area contributed by atoms with Crippen molar-refractivity contribution < 1.29 is 0 Å². The van der Waals surface area contributed by atoms with E-state index in [2.05, 4.69) is 17.4 Å². The summed E-state index contributed by atoms with van der Waals surface area (Å²) in [5.41, 5.74) is 5.40. The number of hydrazine groups is 1. The van der Waals surface area contributed by atoms with Crippen molar-refractivity contribution in [1.82, 2.24) is 15.2 Å². The second kappa shape index (κ2) is 5.19. The van der Waals surface area contributed by atoms with Crippen LogP contribution >= 0.6 is 11.6 Å². The zero-order valence-electron chi connectivity index (χ0n) is 11.5. The lowest BCUT2D eigenvalue weighted by atomic mass is 9.78. The predicted molar refractivity (Wildman–Crippen MR) is 74.3 cm³/mol. The Balaban J connectivity index is 2.20. The quantitative estimate of drug-likeness (QED) is 0.652. The monoisotopic (exact) mass is 270 g/mol. The van der Waals surface area contributed by atoms with Gasteiger partial charge in [0.25, 0.3) is 0 Å².